The van der Waals surface area contributed by atoms with Crippen molar-refractivity contribution in [1.82, 2.24) is 4.98 Å². The summed E-state index contributed by atoms with van der Waals surface area (Å²) in [4.78, 5) is 4.11. The van der Waals surface area contributed by atoms with Crippen LogP contribution in [-0.4, -0.2) is 4.98 Å². The number of hydrogen-bond acceptors (Lipinski definition) is 1. The quantitative estimate of drug-likeness (QED) is 0.629. The third kappa shape index (κ3) is 4.87. The first-order chi connectivity index (χ1) is 8.70. The summed E-state index contributed by atoms with van der Waals surface area (Å²) in [7, 11) is 0. The van der Waals surface area contributed by atoms with Gasteiger partial charge in [-0.15, -0.1) is 0 Å². The monoisotopic (exact) mass is 245 g/mol. The van der Waals surface area contributed by atoms with E-state index in [1.54, 1.807) is 0 Å². The molecule has 1 heteroatoms. The van der Waals surface area contributed by atoms with E-state index in [0.717, 1.165) is 0 Å². The van der Waals surface area contributed by atoms with Crippen LogP contribution in [0.4, 0.5) is 0 Å². The molecule has 1 nitrogen and oxygen atoms in total. The van der Waals surface area contributed by atoms with E-state index in [0.29, 0.717) is 0 Å². The molecule has 0 aliphatic carbocycles. The van der Waals surface area contributed by atoms with E-state index in [1.807, 2.05) is 26.2 Å². The van der Waals surface area contributed by atoms with Crippen molar-refractivity contribution in [3.8, 4) is 0 Å². The molecule has 0 atom stereocenters. The summed E-state index contributed by atoms with van der Waals surface area (Å²) in [6.45, 7) is 12.6. The largest absolute Gasteiger partial charge is 0.264 e. The van der Waals surface area contributed by atoms with Crippen LogP contribution in [0.1, 0.15) is 51.7 Å². The molecule has 0 spiro atoms. The number of nitrogens with zero attached hydrogens (tertiary/aromatic N) is 1. The van der Waals surface area contributed by atoms with E-state index >= 15 is 0 Å². The van der Waals surface area contributed by atoms with Gasteiger partial charge in [0, 0.05) is 17.8 Å². The molecule has 0 N–H and O–H groups in total. The Morgan fingerprint density at radius 1 is 0.833 bits per heavy atom. The topological polar surface area (TPSA) is 12.9 Å². The Morgan fingerprint density at radius 2 is 1.33 bits per heavy atom. The number of fused-ring (bicyclic) bond motifs is 1. The van der Waals surface area contributed by atoms with Crippen LogP contribution in [-0.2, 0) is 0 Å². The highest BCUT2D eigenvalue weighted by Gasteiger charge is 1.98. The number of benzene rings is 1. The minimum atomic E-state index is 1.26. The second-order valence-electron chi connectivity index (χ2n) is 4.12. The van der Waals surface area contributed by atoms with Crippen LogP contribution in [0.3, 0.4) is 0 Å². The highest BCUT2D eigenvalue weighted by molar-refractivity contribution is 5.87. The fourth-order valence-corrected chi connectivity index (χ4v) is 1.48. The number of aryl methyl sites for hydroxylation is 2. The molecular formula is C17H27N. The molecule has 0 aliphatic rings. The summed E-state index contributed by atoms with van der Waals surface area (Å²) >= 11 is 0. The van der Waals surface area contributed by atoms with Gasteiger partial charge < -0.3 is 0 Å². The van der Waals surface area contributed by atoms with Crippen molar-refractivity contribution >= 4 is 10.8 Å². The lowest BCUT2D eigenvalue weighted by Gasteiger charge is -2.03. The smallest absolute Gasteiger partial charge is 0.0349 e. The Kier molecular flexibility index (Phi) is 8.91. The molecule has 0 amide bonds. The zero-order chi connectivity index (χ0) is 14.0. The Bertz CT molecular complexity index is 404. The van der Waals surface area contributed by atoms with Crippen LogP contribution in [0.15, 0.2) is 30.6 Å². The van der Waals surface area contributed by atoms with Crippen LogP contribution >= 0.6 is 0 Å². The van der Waals surface area contributed by atoms with Gasteiger partial charge in [-0.05, 0) is 36.4 Å². The van der Waals surface area contributed by atoms with Crippen molar-refractivity contribution in [2.45, 2.75) is 54.4 Å². The maximum atomic E-state index is 4.11. The first-order valence-electron chi connectivity index (χ1n) is 7.00. The average Bonchev–Trinajstić information content (AvgIpc) is 2.46. The molecule has 0 unspecified atom stereocenters. The number of rotatable bonds is 1. The molecule has 18 heavy (non-hydrogen) atoms. The van der Waals surface area contributed by atoms with E-state index in [2.05, 4.69) is 50.9 Å². The maximum absolute atomic E-state index is 4.11. The van der Waals surface area contributed by atoms with E-state index in [1.165, 1.54) is 34.7 Å². The van der Waals surface area contributed by atoms with Crippen LogP contribution < -0.4 is 0 Å². The van der Waals surface area contributed by atoms with Crippen LogP contribution in [0, 0.1) is 13.8 Å². The summed E-state index contributed by atoms with van der Waals surface area (Å²) in [5, 5.41) is 2.57. The number of pyridine rings is 1. The van der Waals surface area contributed by atoms with E-state index in [-0.39, 0.29) is 0 Å². The van der Waals surface area contributed by atoms with Crippen molar-refractivity contribution in [3.63, 3.8) is 0 Å². The summed E-state index contributed by atoms with van der Waals surface area (Å²) in [6, 6.07) is 6.36. The minimum Gasteiger partial charge on any atom is -0.264 e. The van der Waals surface area contributed by atoms with Crippen molar-refractivity contribution < 1.29 is 0 Å². The van der Waals surface area contributed by atoms with E-state index < -0.39 is 0 Å². The molecule has 0 saturated heterocycles. The minimum absolute atomic E-state index is 1.26. The van der Waals surface area contributed by atoms with Gasteiger partial charge >= 0.3 is 0 Å². The van der Waals surface area contributed by atoms with Gasteiger partial charge in [0.15, 0.2) is 0 Å². The molecule has 1 heterocycles. The number of hydrogen-bond donors (Lipinski definition) is 0. The zero-order valence-electron chi connectivity index (χ0n) is 12.7. The highest BCUT2D eigenvalue weighted by atomic mass is 14.6. The van der Waals surface area contributed by atoms with E-state index in [4.69, 9.17) is 0 Å². The average molecular weight is 245 g/mol. The van der Waals surface area contributed by atoms with Crippen LogP contribution in [0.2, 0.25) is 0 Å². The lowest BCUT2D eigenvalue weighted by atomic mass is 10.0. The third-order valence-corrected chi connectivity index (χ3v) is 2.75. The first-order valence-corrected chi connectivity index (χ1v) is 7.00. The molecule has 2 aromatic rings. The van der Waals surface area contributed by atoms with Crippen molar-refractivity contribution in [2.24, 2.45) is 0 Å². The number of aromatic nitrogens is 1. The fraction of sp³-hybridized carbons (Fsp3) is 0.471. The first kappa shape index (κ1) is 16.6. The second kappa shape index (κ2) is 9.64. The zero-order valence-corrected chi connectivity index (χ0v) is 12.7. The summed E-state index contributed by atoms with van der Waals surface area (Å²) in [5.41, 5.74) is 2.61. The normalized spacial score (nSPS) is 9.00. The lowest BCUT2D eigenvalue weighted by Crippen LogP contribution is -1.82. The fourth-order valence-electron chi connectivity index (χ4n) is 1.48. The SMILES string of the molecule is CC.CCCC.Cc1ccc(C)c2cnccc12. The van der Waals surface area contributed by atoms with E-state index in [9.17, 15) is 0 Å². The van der Waals surface area contributed by atoms with Gasteiger partial charge in [0.25, 0.3) is 0 Å². The molecule has 0 radical (unpaired) electrons. The van der Waals surface area contributed by atoms with Crippen molar-refractivity contribution in [1.29, 1.82) is 0 Å². The molecule has 1 aromatic heterocycles. The number of unbranched alkanes of at least 4 members (excludes halogenated alkanes) is 1. The maximum Gasteiger partial charge on any atom is 0.0349 e. The predicted molar refractivity (Wildman–Crippen MR) is 83.1 cm³/mol. The molecule has 0 bridgehead atoms. The highest BCUT2D eigenvalue weighted by Crippen LogP contribution is 2.19. The molecule has 100 valence electrons. The predicted octanol–water partition coefficient (Wildman–Crippen LogP) is 5.68. The Labute approximate surface area is 112 Å². The van der Waals surface area contributed by atoms with Crippen molar-refractivity contribution in [3.05, 3.63) is 41.7 Å². The lowest BCUT2D eigenvalue weighted by molar-refractivity contribution is 0.886. The Balaban J connectivity index is 0.000000415. The van der Waals surface area contributed by atoms with Gasteiger partial charge in [0.1, 0.15) is 0 Å². The van der Waals surface area contributed by atoms with Gasteiger partial charge in [-0.3, -0.25) is 4.98 Å². The molecule has 0 saturated carbocycles. The molecular weight excluding hydrogens is 218 g/mol. The Morgan fingerprint density at radius 3 is 1.78 bits per heavy atom. The third-order valence-electron chi connectivity index (χ3n) is 2.75. The van der Waals surface area contributed by atoms with Crippen LogP contribution in [0.25, 0.3) is 10.8 Å². The van der Waals surface area contributed by atoms with Gasteiger partial charge in [0.05, 0.1) is 0 Å². The summed E-state index contributed by atoms with van der Waals surface area (Å²) in [5.74, 6) is 0. The summed E-state index contributed by atoms with van der Waals surface area (Å²) < 4.78 is 0. The van der Waals surface area contributed by atoms with Gasteiger partial charge in [-0.2, -0.15) is 0 Å². The second-order valence-corrected chi connectivity index (χ2v) is 4.12. The molecule has 2 rings (SSSR count). The molecule has 1 aromatic carbocycles. The van der Waals surface area contributed by atoms with Gasteiger partial charge in [-0.25, -0.2) is 0 Å². The molecule has 0 fully saturated rings. The Hall–Kier alpha value is -1.37. The summed E-state index contributed by atoms with van der Waals surface area (Å²) in [6.07, 6.45) is 6.41. The van der Waals surface area contributed by atoms with Crippen molar-refractivity contribution in [2.75, 3.05) is 0 Å². The standard InChI is InChI=1S/C11H11N.C4H10.C2H6/c1-8-3-4-9(2)11-7-12-6-5-10(8)11;1-3-4-2;1-2/h3-7H,1-2H3;3-4H2,1-2H3;1-2H3. The van der Waals surface area contributed by atoms with Gasteiger partial charge in [-0.1, -0.05) is 52.7 Å². The van der Waals surface area contributed by atoms with Crippen LogP contribution in [0.5, 0.6) is 0 Å². The molecule has 0 aliphatic heterocycles. The van der Waals surface area contributed by atoms with Gasteiger partial charge in [0.2, 0.25) is 0 Å².